The van der Waals surface area contributed by atoms with Crippen LogP contribution in [0.15, 0.2) is 18.3 Å². The monoisotopic (exact) mass is 237 g/mol. The molecule has 2 rings (SSSR count). The molecule has 17 heavy (non-hydrogen) atoms. The normalized spacial score (nSPS) is 16.9. The minimum atomic E-state index is -0.462. The summed E-state index contributed by atoms with van der Waals surface area (Å²) < 4.78 is 13.0. The first-order chi connectivity index (χ1) is 8.20. The first-order valence-corrected chi connectivity index (χ1v) is 5.79. The lowest BCUT2D eigenvalue weighted by Crippen LogP contribution is -2.39. The van der Waals surface area contributed by atoms with Crippen LogP contribution in [0.2, 0.25) is 0 Å². The summed E-state index contributed by atoms with van der Waals surface area (Å²) >= 11 is 0. The van der Waals surface area contributed by atoms with E-state index in [0.717, 1.165) is 31.6 Å². The summed E-state index contributed by atoms with van der Waals surface area (Å²) in [5, 5.41) is 2.67. The van der Waals surface area contributed by atoms with Crippen LogP contribution in [-0.2, 0) is 4.79 Å². The Kier molecular flexibility index (Phi) is 3.56. The Balaban J connectivity index is 1.97. The van der Waals surface area contributed by atoms with E-state index in [-0.39, 0.29) is 11.8 Å². The van der Waals surface area contributed by atoms with Gasteiger partial charge in [-0.1, -0.05) is 0 Å². The highest BCUT2D eigenvalue weighted by Gasteiger charge is 2.24. The largest absolute Gasteiger partial charge is 0.371 e. The van der Waals surface area contributed by atoms with Crippen LogP contribution in [-0.4, -0.2) is 31.0 Å². The molecule has 1 aromatic rings. The number of nitrogens with one attached hydrogen (secondary N) is 1. The molecule has 1 amide bonds. The van der Waals surface area contributed by atoms with E-state index >= 15 is 0 Å². The maximum absolute atomic E-state index is 13.0. The Bertz CT molecular complexity index is 402. The highest BCUT2D eigenvalue weighted by atomic mass is 19.1. The van der Waals surface area contributed by atoms with E-state index in [9.17, 15) is 9.18 Å². The van der Waals surface area contributed by atoms with Gasteiger partial charge in [0.1, 0.15) is 0 Å². The van der Waals surface area contributed by atoms with E-state index in [1.165, 1.54) is 12.3 Å². The molecule has 0 aromatic carbocycles. The summed E-state index contributed by atoms with van der Waals surface area (Å²) in [6.07, 6.45) is 3.09. The van der Waals surface area contributed by atoms with Gasteiger partial charge in [-0.05, 0) is 18.9 Å². The van der Waals surface area contributed by atoms with Crippen molar-refractivity contribution in [1.82, 2.24) is 10.3 Å². The van der Waals surface area contributed by atoms with Crippen molar-refractivity contribution < 1.29 is 9.18 Å². The molecule has 0 radical (unpaired) electrons. The van der Waals surface area contributed by atoms with E-state index < -0.39 is 5.95 Å². The van der Waals surface area contributed by atoms with Gasteiger partial charge in [0.15, 0.2) is 0 Å². The number of hydrogen-bond donors (Lipinski definition) is 1. The Morgan fingerprint density at radius 1 is 1.53 bits per heavy atom. The van der Waals surface area contributed by atoms with Gasteiger partial charge in [0.05, 0.1) is 0 Å². The molecule has 0 aliphatic carbocycles. The van der Waals surface area contributed by atoms with Gasteiger partial charge in [0, 0.05) is 44.0 Å². The van der Waals surface area contributed by atoms with Gasteiger partial charge in [0.2, 0.25) is 11.9 Å². The predicted octanol–water partition coefficient (Wildman–Crippen LogP) is 1.18. The number of piperidine rings is 1. The maximum Gasteiger partial charge on any atom is 0.222 e. The third-order valence-corrected chi connectivity index (χ3v) is 3.19. The van der Waals surface area contributed by atoms with E-state index in [1.54, 1.807) is 13.1 Å². The molecule has 2 heterocycles. The molecule has 0 saturated carbocycles. The summed E-state index contributed by atoms with van der Waals surface area (Å²) in [6, 6.07) is 3.23. The number of pyridine rings is 1. The number of rotatable bonds is 2. The summed E-state index contributed by atoms with van der Waals surface area (Å²) in [7, 11) is 1.66. The Morgan fingerprint density at radius 2 is 2.24 bits per heavy atom. The van der Waals surface area contributed by atoms with Crippen LogP contribution in [0.4, 0.5) is 10.1 Å². The fourth-order valence-corrected chi connectivity index (χ4v) is 2.19. The van der Waals surface area contributed by atoms with Crippen LogP contribution < -0.4 is 10.2 Å². The third-order valence-electron chi connectivity index (χ3n) is 3.19. The van der Waals surface area contributed by atoms with Crippen LogP contribution in [0, 0.1) is 11.9 Å². The van der Waals surface area contributed by atoms with Gasteiger partial charge in [-0.25, -0.2) is 4.98 Å². The van der Waals surface area contributed by atoms with Crippen LogP contribution in [0.5, 0.6) is 0 Å². The molecular formula is C12H16FN3O. The molecule has 0 atom stereocenters. The molecular weight excluding hydrogens is 221 g/mol. The van der Waals surface area contributed by atoms with Crippen LogP contribution in [0.25, 0.3) is 0 Å². The number of anilines is 1. The van der Waals surface area contributed by atoms with Crippen molar-refractivity contribution in [2.75, 3.05) is 25.0 Å². The van der Waals surface area contributed by atoms with E-state index in [2.05, 4.69) is 15.2 Å². The van der Waals surface area contributed by atoms with Crippen molar-refractivity contribution in [1.29, 1.82) is 0 Å². The molecule has 92 valence electrons. The zero-order chi connectivity index (χ0) is 12.3. The van der Waals surface area contributed by atoms with E-state index in [1.807, 2.05) is 0 Å². The van der Waals surface area contributed by atoms with Crippen molar-refractivity contribution in [2.45, 2.75) is 12.8 Å². The number of aromatic nitrogens is 1. The number of carbonyl (C=O) groups excluding carboxylic acids is 1. The van der Waals surface area contributed by atoms with Crippen molar-refractivity contribution >= 4 is 11.6 Å². The average Bonchev–Trinajstić information content (AvgIpc) is 2.38. The Morgan fingerprint density at radius 3 is 2.82 bits per heavy atom. The summed E-state index contributed by atoms with van der Waals surface area (Å²) in [4.78, 5) is 17.1. The lowest BCUT2D eigenvalue weighted by atomic mass is 9.96. The molecule has 5 heteroatoms. The Hall–Kier alpha value is -1.65. The molecule has 1 saturated heterocycles. The molecule has 1 aliphatic rings. The zero-order valence-corrected chi connectivity index (χ0v) is 9.82. The molecule has 0 unspecified atom stereocenters. The number of carbonyl (C=O) groups is 1. The molecule has 1 fully saturated rings. The fourth-order valence-electron chi connectivity index (χ4n) is 2.19. The topological polar surface area (TPSA) is 45.2 Å². The third kappa shape index (κ3) is 2.72. The van der Waals surface area contributed by atoms with Gasteiger partial charge < -0.3 is 10.2 Å². The fraction of sp³-hybridized carbons (Fsp3) is 0.500. The highest BCUT2D eigenvalue weighted by molar-refractivity contribution is 5.78. The number of halogens is 1. The molecule has 0 bridgehead atoms. The van der Waals surface area contributed by atoms with Gasteiger partial charge in [0.25, 0.3) is 0 Å². The maximum atomic E-state index is 13.0. The summed E-state index contributed by atoms with van der Waals surface area (Å²) in [5.41, 5.74) is 0.841. The molecule has 0 spiro atoms. The molecule has 4 nitrogen and oxygen atoms in total. The lowest BCUT2D eigenvalue weighted by molar-refractivity contribution is -0.125. The summed E-state index contributed by atoms with van der Waals surface area (Å²) in [6.45, 7) is 1.56. The van der Waals surface area contributed by atoms with Crippen LogP contribution in [0.3, 0.4) is 0 Å². The second-order valence-corrected chi connectivity index (χ2v) is 4.21. The average molecular weight is 237 g/mol. The second kappa shape index (κ2) is 5.12. The standard InChI is InChI=1S/C12H16FN3O/c1-14-12(17)9-3-6-16(7-4-9)10-2-5-15-11(13)8-10/h2,5,8-9H,3-4,6-7H2,1H3,(H,14,17). The lowest BCUT2D eigenvalue weighted by Gasteiger charge is -2.32. The smallest absolute Gasteiger partial charge is 0.222 e. The van der Waals surface area contributed by atoms with Crippen molar-refractivity contribution in [3.8, 4) is 0 Å². The first kappa shape index (κ1) is 11.8. The van der Waals surface area contributed by atoms with Crippen LogP contribution >= 0.6 is 0 Å². The van der Waals surface area contributed by atoms with Crippen molar-refractivity contribution in [2.24, 2.45) is 5.92 Å². The number of amides is 1. The highest BCUT2D eigenvalue weighted by Crippen LogP contribution is 2.23. The zero-order valence-electron chi connectivity index (χ0n) is 9.82. The summed E-state index contributed by atoms with van der Waals surface area (Å²) in [5.74, 6) is -0.274. The second-order valence-electron chi connectivity index (χ2n) is 4.21. The molecule has 1 N–H and O–H groups in total. The van der Waals surface area contributed by atoms with Crippen LogP contribution in [0.1, 0.15) is 12.8 Å². The van der Waals surface area contributed by atoms with E-state index in [4.69, 9.17) is 0 Å². The predicted molar refractivity (Wildman–Crippen MR) is 63.2 cm³/mol. The quantitative estimate of drug-likeness (QED) is 0.786. The van der Waals surface area contributed by atoms with E-state index in [0.29, 0.717) is 0 Å². The van der Waals surface area contributed by atoms with Gasteiger partial charge >= 0.3 is 0 Å². The Labute approximate surface area is 99.8 Å². The first-order valence-electron chi connectivity index (χ1n) is 5.79. The van der Waals surface area contributed by atoms with Crippen molar-refractivity contribution in [3.63, 3.8) is 0 Å². The molecule has 1 aliphatic heterocycles. The SMILES string of the molecule is CNC(=O)C1CCN(c2ccnc(F)c2)CC1. The number of hydrogen-bond acceptors (Lipinski definition) is 3. The minimum absolute atomic E-state index is 0.0861. The van der Waals surface area contributed by atoms with Gasteiger partial charge in [-0.2, -0.15) is 4.39 Å². The minimum Gasteiger partial charge on any atom is -0.371 e. The van der Waals surface area contributed by atoms with Crippen molar-refractivity contribution in [3.05, 3.63) is 24.3 Å². The molecule has 1 aromatic heterocycles. The number of nitrogens with zero attached hydrogens (tertiary/aromatic N) is 2. The van der Waals surface area contributed by atoms with Gasteiger partial charge in [-0.15, -0.1) is 0 Å². The van der Waals surface area contributed by atoms with Gasteiger partial charge in [-0.3, -0.25) is 4.79 Å².